The Kier molecular flexibility index (Phi) is 11.0. The van der Waals surface area contributed by atoms with Gasteiger partial charge in [0.1, 0.15) is 12.4 Å². The van der Waals surface area contributed by atoms with E-state index in [0.717, 1.165) is 27.5 Å². The number of rotatable bonds is 9. The zero-order chi connectivity index (χ0) is 32.1. The van der Waals surface area contributed by atoms with E-state index in [1.54, 1.807) is 42.5 Å². The Bertz CT molecular complexity index is 2100. The third-order valence-electron chi connectivity index (χ3n) is 7.17. The number of hydrogen-bond acceptors (Lipinski definition) is 7. The molecule has 0 saturated heterocycles. The number of amides is 2. The Balaban J connectivity index is 0.00000433. The molecular formula is C36H30N3NaO5S2. The van der Waals surface area contributed by atoms with Crippen molar-refractivity contribution in [3.05, 3.63) is 142 Å². The summed E-state index contributed by atoms with van der Waals surface area (Å²) in [5.74, 6) is -0.341. The first-order chi connectivity index (χ1) is 22.2. The maximum atomic E-state index is 12.9. The molecule has 0 unspecified atom stereocenters. The summed E-state index contributed by atoms with van der Waals surface area (Å²) in [5, 5.41) is 5.62. The Morgan fingerprint density at radius 2 is 1.51 bits per heavy atom. The van der Waals surface area contributed by atoms with Crippen LogP contribution in [0.15, 0.2) is 130 Å². The molecule has 5 aromatic rings. The summed E-state index contributed by atoms with van der Waals surface area (Å²) >= 11 is 1.22. The molecule has 1 heterocycles. The van der Waals surface area contributed by atoms with E-state index in [-0.39, 0.29) is 46.8 Å². The van der Waals surface area contributed by atoms with E-state index in [0.29, 0.717) is 33.7 Å². The van der Waals surface area contributed by atoms with E-state index in [4.69, 9.17) is 4.74 Å². The SMILES string of the molecule is Cc1ccc(S(=O)(=O)NC(=O)Cc2ccc(NC3=NC(=O)/C(=C\c4cc5ccccc5cc4OCc4ccccc4)S3)cc2)cc1.[NaH]. The first-order valence-corrected chi connectivity index (χ1v) is 16.7. The van der Waals surface area contributed by atoms with Gasteiger partial charge < -0.3 is 10.1 Å². The molecule has 11 heteroatoms. The zero-order valence-corrected chi connectivity index (χ0v) is 26.4. The van der Waals surface area contributed by atoms with Crippen molar-refractivity contribution in [2.75, 3.05) is 5.32 Å². The Hall–Kier alpha value is -4.19. The van der Waals surface area contributed by atoms with Gasteiger partial charge in [-0.25, -0.2) is 13.1 Å². The van der Waals surface area contributed by atoms with E-state index in [2.05, 4.69) is 15.0 Å². The molecule has 1 aliphatic heterocycles. The number of hydrogen-bond donors (Lipinski definition) is 2. The van der Waals surface area contributed by atoms with Crippen molar-refractivity contribution in [3.63, 3.8) is 0 Å². The van der Waals surface area contributed by atoms with Crippen LogP contribution < -0.4 is 14.8 Å². The fraction of sp³-hybridized carbons (Fsp3) is 0.0833. The van der Waals surface area contributed by atoms with Crippen molar-refractivity contribution >= 4 is 90.9 Å². The molecule has 2 N–H and O–H groups in total. The molecule has 232 valence electrons. The molecule has 1 aliphatic rings. The fourth-order valence-corrected chi connectivity index (χ4v) is 6.60. The van der Waals surface area contributed by atoms with Gasteiger partial charge in [-0.3, -0.25) is 9.59 Å². The Labute approximate surface area is 299 Å². The number of aliphatic imine (C=N–C) groups is 1. The van der Waals surface area contributed by atoms with Gasteiger partial charge in [0.2, 0.25) is 5.91 Å². The van der Waals surface area contributed by atoms with Crippen LogP contribution in [-0.2, 0) is 32.6 Å². The topological polar surface area (TPSA) is 114 Å². The van der Waals surface area contributed by atoms with E-state index < -0.39 is 15.9 Å². The predicted octanol–water partition coefficient (Wildman–Crippen LogP) is 6.21. The second-order valence-electron chi connectivity index (χ2n) is 10.7. The molecule has 2 amide bonds. The standard InChI is InChI=1S/C36H29N3O5S2.Na.H/c1-24-11-17-31(18-12-24)46(42,43)39-34(40)19-25-13-15-30(16-14-25)37-36-38-35(41)33(45-36)22-29-20-27-9-5-6-10-28(27)21-32(29)44-23-26-7-3-2-4-8-26;;/h2-18,20-22H,19,23H2,1H3,(H,39,40)(H,37,38,41);;/b33-22+;;. The molecule has 5 aromatic carbocycles. The van der Waals surface area contributed by atoms with Gasteiger partial charge in [0, 0.05) is 11.3 Å². The molecule has 0 atom stereocenters. The summed E-state index contributed by atoms with van der Waals surface area (Å²) in [5.41, 5.74) is 4.01. The Morgan fingerprint density at radius 1 is 0.851 bits per heavy atom. The van der Waals surface area contributed by atoms with Gasteiger partial charge in [0.25, 0.3) is 15.9 Å². The van der Waals surface area contributed by atoms with Crippen LogP contribution >= 0.6 is 11.8 Å². The molecule has 0 fully saturated rings. The third-order valence-corrected chi connectivity index (χ3v) is 9.46. The number of amidine groups is 1. The van der Waals surface area contributed by atoms with Gasteiger partial charge in [-0.05, 0) is 83.1 Å². The van der Waals surface area contributed by atoms with Crippen molar-refractivity contribution < 1.29 is 22.7 Å². The van der Waals surface area contributed by atoms with Crippen LogP contribution in [0.1, 0.15) is 22.3 Å². The molecule has 0 spiro atoms. The van der Waals surface area contributed by atoms with Crippen molar-refractivity contribution in [1.29, 1.82) is 0 Å². The first-order valence-electron chi connectivity index (χ1n) is 14.4. The monoisotopic (exact) mass is 671 g/mol. The van der Waals surface area contributed by atoms with Crippen LogP contribution in [0.4, 0.5) is 5.69 Å². The number of benzene rings is 5. The number of carbonyl (C=O) groups excluding carboxylic acids is 2. The van der Waals surface area contributed by atoms with Gasteiger partial charge in [-0.15, -0.1) is 0 Å². The number of nitrogens with one attached hydrogen (secondary N) is 2. The summed E-state index contributed by atoms with van der Waals surface area (Å²) in [7, 11) is -3.96. The number of anilines is 1. The van der Waals surface area contributed by atoms with Crippen molar-refractivity contribution in [3.8, 4) is 5.75 Å². The number of fused-ring (bicyclic) bond motifs is 1. The summed E-state index contributed by atoms with van der Waals surface area (Å²) in [6.07, 6.45) is 1.68. The second-order valence-corrected chi connectivity index (χ2v) is 13.4. The van der Waals surface area contributed by atoms with Crippen LogP contribution in [0.25, 0.3) is 16.8 Å². The van der Waals surface area contributed by atoms with Crippen molar-refractivity contribution in [2.45, 2.75) is 24.8 Å². The van der Waals surface area contributed by atoms with Crippen molar-refractivity contribution in [1.82, 2.24) is 4.72 Å². The van der Waals surface area contributed by atoms with Gasteiger partial charge in [0.15, 0.2) is 5.17 Å². The van der Waals surface area contributed by atoms with Crippen LogP contribution in [0.2, 0.25) is 0 Å². The molecule has 0 bridgehead atoms. The van der Waals surface area contributed by atoms with E-state index >= 15 is 0 Å². The summed E-state index contributed by atoms with van der Waals surface area (Å²) in [6.45, 7) is 2.24. The average molecular weight is 672 g/mol. The molecular weight excluding hydrogens is 642 g/mol. The minimum atomic E-state index is -3.96. The summed E-state index contributed by atoms with van der Waals surface area (Å²) in [6, 6.07) is 35.0. The first kappa shape index (κ1) is 34.2. The average Bonchev–Trinajstić information content (AvgIpc) is 3.39. The predicted molar refractivity (Wildman–Crippen MR) is 190 cm³/mol. The number of thioether (sulfide) groups is 1. The third kappa shape index (κ3) is 8.79. The molecule has 0 aromatic heterocycles. The van der Waals surface area contributed by atoms with E-state index in [1.165, 1.54) is 23.9 Å². The quantitative estimate of drug-likeness (QED) is 0.142. The number of nitrogens with zero attached hydrogens (tertiary/aromatic N) is 1. The van der Waals surface area contributed by atoms with Gasteiger partial charge in [-0.2, -0.15) is 4.99 Å². The minimum absolute atomic E-state index is 0. The number of carbonyl (C=O) groups is 2. The molecule has 8 nitrogen and oxygen atoms in total. The Morgan fingerprint density at radius 3 is 2.21 bits per heavy atom. The normalized spacial score (nSPS) is 13.6. The fourth-order valence-electron chi connectivity index (χ4n) is 4.79. The van der Waals surface area contributed by atoms with Crippen LogP contribution in [0, 0.1) is 6.92 Å². The maximum absolute atomic E-state index is 12.9. The number of ether oxygens (including phenoxy) is 1. The summed E-state index contributed by atoms with van der Waals surface area (Å²) < 4.78 is 33.4. The molecule has 47 heavy (non-hydrogen) atoms. The van der Waals surface area contributed by atoms with Gasteiger partial charge >= 0.3 is 29.6 Å². The number of sulfonamides is 1. The zero-order valence-electron chi connectivity index (χ0n) is 24.8. The van der Waals surface area contributed by atoms with Gasteiger partial charge in [-0.1, -0.05) is 84.4 Å². The van der Waals surface area contributed by atoms with Crippen LogP contribution in [0.3, 0.4) is 0 Å². The molecule has 0 saturated carbocycles. The molecule has 0 radical (unpaired) electrons. The van der Waals surface area contributed by atoms with Gasteiger partial charge in [0.05, 0.1) is 16.2 Å². The van der Waals surface area contributed by atoms with E-state index in [1.807, 2.05) is 73.7 Å². The van der Waals surface area contributed by atoms with Crippen LogP contribution in [-0.4, -0.2) is 55.0 Å². The second kappa shape index (κ2) is 15.1. The van der Waals surface area contributed by atoms with E-state index in [9.17, 15) is 18.0 Å². The summed E-state index contributed by atoms with van der Waals surface area (Å²) in [4.78, 5) is 30.0. The van der Waals surface area contributed by atoms with Crippen LogP contribution in [0.5, 0.6) is 5.75 Å². The molecule has 0 aliphatic carbocycles. The molecule has 6 rings (SSSR count). The van der Waals surface area contributed by atoms with Crippen molar-refractivity contribution in [2.24, 2.45) is 4.99 Å². The number of aryl methyl sites for hydroxylation is 1.